The zero-order valence-corrected chi connectivity index (χ0v) is 11.8. The first kappa shape index (κ1) is 14.7. The van der Waals surface area contributed by atoms with Crippen LogP contribution in [0.2, 0.25) is 10.3 Å². The van der Waals surface area contributed by atoms with Gasteiger partial charge < -0.3 is 5.32 Å². The van der Waals surface area contributed by atoms with Crippen LogP contribution in [0.25, 0.3) is 0 Å². The van der Waals surface area contributed by atoms with Crippen molar-refractivity contribution in [3.05, 3.63) is 51.3 Å². The van der Waals surface area contributed by atoms with Crippen LogP contribution in [0.5, 0.6) is 0 Å². The highest BCUT2D eigenvalue weighted by molar-refractivity contribution is 6.34. The Kier molecular flexibility index (Phi) is 4.34. The molecule has 1 aromatic heterocycles. The van der Waals surface area contributed by atoms with Gasteiger partial charge in [-0.2, -0.15) is 10.5 Å². The molecule has 21 heavy (non-hydrogen) atoms. The summed E-state index contributed by atoms with van der Waals surface area (Å²) in [5.74, 6) is -0.551. The summed E-state index contributed by atoms with van der Waals surface area (Å²) >= 11 is 11.4. The van der Waals surface area contributed by atoms with E-state index in [0.717, 1.165) is 0 Å². The zero-order valence-electron chi connectivity index (χ0n) is 10.3. The van der Waals surface area contributed by atoms with Crippen molar-refractivity contribution in [1.29, 1.82) is 10.5 Å². The van der Waals surface area contributed by atoms with Gasteiger partial charge in [-0.15, -0.1) is 10.2 Å². The van der Waals surface area contributed by atoms with Crippen LogP contribution >= 0.6 is 23.2 Å². The van der Waals surface area contributed by atoms with E-state index in [-0.39, 0.29) is 27.0 Å². The van der Waals surface area contributed by atoms with Crippen molar-refractivity contribution in [2.45, 2.75) is 0 Å². The van der Waals surface area contributed by atoms with Crippen molar-refractivity contribution in [3.63, 3.8) is 0 Å². The molecule has 1 N–H and O–H groups in total. The summed E-state index contributed by atoms with van der Waals surface area (Å²) in [6.07, 6.45) is 0. The van der Waals surface area contributed by atoms with Crippen LogP contribution in [0.1, 0.15) is 21.5 Å². The van der Waals surface area contributed by atoms with Gasteiger partial charge >= 0.3 is 0 Å². The van der Waals surface area contributed by atoms with Gasteiger partial charge in [0.15, 0.2) is 10.3 Å². The number of carbonyl (C=O) groups excluding carboxylic acids is 1. The van der Waals surface area contributed by atoms with Crippen LogP contribution in [-0.2, 0) is 0 Å². The lowest BCUT2D eigenvalue weighted by molar-refractivity contribution is 0.102. The molecule has 8 heteroatoms. The van der Waals surface area contributed by atoms with Gasteiger partial charge in [-0.05, 0) is 24.3 Å². The first-order valence-electron chi connectivity index (χ1n) is 5.49. The summed E-state index contributed by atoms with van der Waals surface area (Å²) in [4.78, 5) is 12.1. The van der Waals surface area contributed by atoms with Gasteiger partial charge in [0.1, 0.15) is 12.1 Å². The Morgan fingerprint density at radius 3 is 2.48 bits per heavy atom. The molecule has 0 bridgehead atoms. The molecule has 0 radical (unpaired) electrons. The maximum absolute atomic E-state index is 12.1. The summed E-state index contributed by atoms with van der Waals surface area (Å²) in [5, 5.41) is 27.3. The highest BCUT2D eigenvalue weighted by Gasteiger charge is 2.14. The van der Waals surface area contributed by atoms with E-state index in [9.17, 15) is 4.79 Å². The highest BCUT2D eigenvalue weighted by atomic mass is 35.5. The minimum absolute atomic E-state index is 0.0297. The van der Waals surface area contributed by atoms with Crippen LogP contribution in [-0.4, -0.2) is 16.1 Å². The monoisotopic (exact) mass is 317 g/mol. The van der Waals surface area contributed by atoms with Crippen molar-refractivity contribution >= 4 is 34.8 Å². The van der Waals surface area contributed by atoms with Crippen molar-refractivity contribution in [2.75, 3.05) is 5.32 Å². The van der Waals surface area contributed by atoms with Crippen molar-refractivity contribution in [1.82, 2.24) is 10.2 Å². The van der Waals surface area contributed by atoms with Gasteiger partial charge in [0.25, 0.3) is 5.91 Å². The van der Waals surface area contributed by atoms with E-state index in [0.29, 0.717) is 5.69 Å². The fourth-order valence-corrected chi connectivity index (χ4v) is 1.85. The molecule has 0 aliphatic heterocycles. The highest BCUT2D eigenvalue weighted by Crippen LogP contribution is 2.19. The molecule has 0 atom stereocenters. The molecule has 102 valence electrons. The molecule has 0 spiro atoms. The van der Waals surface area contributed by atoms with E-state index in [1.807, 2.05) is 12.1 Å². The number of hydrogen-bond donors (Lipinski definition) is 1. The average Bonchev–Trinajstić information content (AvgIpc) is 2.49. The van der Waals surface area contributed by atoms with E-state index in [1.54, 1.807) is 0 Å². The third-order valence-electron chi connectivity index (χ3n) is 2.48. The Morgan fingerprint density at radius 1 is 1.10 bits per heavy atom. The molecule has 1 heterocycles. The third-order valence-corrected chi connectivity index (χ3v) is 2.95. The van der Waals surface area contributed by atoms with E-state index in [1.165, 1.54) is 24.3 Å². The standard InChI is InChI=1S/C13H5Cl2N5O/c14-11-4-10(12(15)20-19-11)13(21)18-9-2-1-7(5-16)8(3-9)6-17/h1-4H,(H,18,21). The van der Waals surface area contributed by atoms with E-state index in [4.69, 9.17) is 33.7 Å². The lowest BCUT2D eigenvalue weighted by Crippen LogP contribution is -2.13. The van der Waals surface area contributed by atoms with Crippen LogP contribution in [0.4, 0.5) is 5.69 Å². The fourth-order valence-electron chi connectivity index (χ4n) is 1.52. The molecule has 0 saturated carbocycles. The second-order valence-corrected chi connectivity index (χ2v) is 4.55. The SMILES string of the molecule is N#Cc1ccc(NC(=O)c2cc(Cl)nnc2Cl)cc1C#N. The van der Waals surface area contributed by atoms with Crippen molar-refractivity contribution in [3.8, 4) is 12.1 Å². The topological polar surface area (TPSA) is 102 Å². The Labute approximate surface area is 129 Å². The average molecular weight is 318 g/mol. The summed E-state index contributed by atoms with van der Waals surface area (Å²) in [7, 11) is 0. The molecule has 0 aliphatic carbocycles. The molecule has 0 aliphatic rings. The number of benzene rings is 1. The molecule has 0 fully saturated rings. The normalized spacial score (nSPS) is 9.52. The largest absolute Gasteiger partial charge is 0.322 e. The van der Waals surface area contributed by atoms with Crippen molar-refractivity contribution < 1.29 is 4.79 Å². The van der Waals surface area contributed by atoms with Gasteiger partial charge in [-0.3, -0.25) is 4.79 Å². The minimum atomic E-state index is -0.551. The van der Waals surface area contributed by atoms with Crippen molar-refractivity contribution in [2.24, 2.45) is 0 Å². The number of anilines is 1. The molecule has 2 aromatic rings. The lowest BCUT2D eigenvalue weighted by Gasteiger charge is -2.07. The first-order chi connectivity index (χ1) is 10.0. The summed E-state index contributed by atoms with van der Waals surface area (Å²) < 4.78 is 0. The Morgan fingerprint density at radius 2 is 1.81 bits per heavy atom. The van der Waals surface area contributed by atoms with Gasteiger partial charge in [-0.25, -0.2) is 0 Å². The van der Waals surface area contributed by atoms with Crippen LogP contribution in [0.3, 0.4) is 0 Å². The maximum Gasteiger partial charge on any atom is 0.258 e. The maximum atomic E-state index is 12.1. The number of rotatable bonds is 2. The van der Waals surface area contributed by atoms with E-state index < -0.39 is 5.91 Å². The summed E-state index contributed by atoms with van der Waals surface area (Å²) in [6.45, 7) is 0. The lowest BCUT2D eigenvalue weighted by atomic mass is 10.1. The number of halogens is 2. The Bertz CT molecular complexity index is 807. The number of nitrogens with one attached hydrogen (secondary N) is 1. The summed E-state index contributed by atoms with van der Waals surface area (Å²) in [6, 6.07) is 9.37. The smallest absolute Gasteiger partial charge is 0.258 e. The number of aromatic nitrogens is 2. The molecular weight excluding hydrogens is 313 g/mol. The number of carbonyl (C=O) groups is 1. The fraction of sp³-hybridized carbons (Fsp3) is 0. The van der Waals surface area contributed by atoms with Gasteiger partial charge in [0.05, 0.1) is 16.7 Å². The number of nitrogens with zero attached hydrogens (tertiary/aromatic N) is 4. The molecule has 0 unspecified atom stereocenters. The zero-order chi connectivity index (χ0) is 15.4. The molecule has 0 saturated heterocycles. The van der Waals surface area contributed by atoms with Crippen LogP contribution in [0, 0.1) is 22.7 Å². The van der Waals surface area contributed by atoms with Gasteiger partial charge in [0, 0.05) is 5.69 Å². The molecule has 6 nitrogen and oxygen atoms in total. The van der Waals surface area contributed by atoms with E-state index >= 15 is 0 Å². The second kappa shape index (κ2) is 6.19. The first-order valence-corrected chi connectivity index (χ1v) is 6.25. The Hall–Kier alpha value is -2.67. The Balaban J connectivity index is 2.30. The third kappa shape index (κ3) is 3.26. The second-order valence-electron chi connectivity index (χ2n) is 3.81. The number of hydrogen-bond acceptors (Lipinski definition) is 5. The molecular formula is C13H5Cl2N5O. The van der Waals surface area contributed by atoms with Crippen LogP contribution < -0.4 is 5.32 Å². The number of nitriles is 2. The molecule has 1 amide bonds. The van der Waals surface area contributed by atoms with Gasteiger partial charge in [0.2, 0.25) is 0 Å². The minimum Gasteiger partial charge on any atom is -0.322 e. The molecule has 1 aromatic carbocycles. The summed E-state index contributed by atoms with van der Waals surface area (Å²) in [5.41, 5.74) is 0.786. The van der Waals surface area contributed by atoms with Crippen LogP contribution in [0.15, 0.2) is 24.3 Å². The van der Waals surface area contributed by atoms with E-state index in [2.05, 4.69) is 15.5 Å². The predicted octanol–water partition coefficient (Wildman–Crippen LogP) is 2.78. The predicted molar refractivity (Wildman–Crippen MR) is 75.9 cm³/mol. The van der Waals surface area contributed by atoms with Gasteiger partial charge in [-0.1, -0.05) is 23.2 Å². The number of amides is 1. The quantitative estimate of drug-likeness (QED) is 0.917. The molecule has 2 rings (SSSR count).